The summed E-state index contributed by atoms with van der Waals surface area (Å²) in [5, 5.41) is 3.36. The Morgan fingerprint density at radius 1 is 1.03 bits per heavy atom. The second-order valence-electron chi connectivity index (χ2n) is 8.73. The molecule has 1 N–H and O–H groups in total. The molecule has 2 aromatic carbocycles. The van der Waals surface area contributed by atoms with Crippen LogP contribution in [0.5, 0.6) is 11.5 Å². The van der Waals surface area contributed by atoms with Crippen LogP contribution in [0.1, 0.15) is 33.3 Å². The third-order valence-corrected chi connectivity index (χ3v) is 7.70. The lowest BCUT2D eigenvalue weighted by Crippen LogP contribution is -2.50. The number of benzene rings is 2. The molecular weight excluding hydrogens is 471 g/mol. The predicted octanol–water partition coefficient (Wildman–Crippen LogP) is 3.64. The van der Waals surface area contributed by atoms with Crippen molar-refractivity contribution in [2.75, 3.05) is 43.2 Å². The molecule has 0 spiro atoms. The molecule has 0 unspecified atom stereocenters. The number of thiazole rings is 1. The first-order valence-electron chi connectivity index (χ1n) is 11.5. The molecule has 0 radical (unpaired) electrons. The summed E-state index contributed by atoms with van der Waals surface area (Å²) in [5.74, 6) is 0.431. The van der Waals surface area contributed by atoms with E-state index in [1.54, 1.807) is 30.3 Å². The summed E-state index contributed by atoms with van der Waals surface area (Å²) in [4.78, 5) is 35.8. The van der Waals surface area contributed by atoms with Crippen LogP contribution < -0.4 is 19.7 Å². The van der Waals surface area contributed by atoms with Crippen molar-refractivity contribution in [2.24, 2.45) is 0 Å². The summed E-state index contributed by atoms with van der Waals surface area (Å²) >= 11 is 1.43. The average Bonchev–Trinajstić information content (AvgIpc) is 3.59. The van der Waals surface area contributed by atoms with E-state index in [-0.39, 0.29) is 30.3 Å². The van der Waals surface area contributed by atoms with E-state index in [1.165, 1.54) is 23.5 Å². The lowest BCUT2D eigenvalue weighted by atomic mass is 10.1. The predicted molar refractivity (Wildman–Crippen MR) is 129 cm³/mol. The number of aromatic nitrogens is 1. The van der Waals surface area contributed by atoms with Crippen LogP contribution in [0, 0.1) is 5.82 Å². The molecule has 3 heterocycles. The highest BCUT2D eigenvalue weighted by Crippen LogP contribution is 2.40. The van der Waals surface area contributed by atoms with Crippen LogP contribution in [0.4, 0.5) is 15.2 Å². The third kappa shape index (κ3) is 4.18. The van der Waals surface area contributed by atoms with Crippen LogP contribution in [0.3, 0.4) is 0 Å². The molecule has 3 aliphatic rings. The lowest BCUT2D eigenvalue weighted by molar-refractivity contribution is -0.133. The van der Waals surface area contributed by atoms with Gasteiger partial charge in [0.05, 0.1) is 11.6 Å². The highest BCUT2D eigenvalue weighted by Gasteiger charge is 2.36. The van der Waals surface area contributed by atoms with Gasteiger partial charge in [-0.15, -0.1) is 11.3 Å². The first kappa shape index (κ1) is 21.8. The van der Waals surface area contributed by atoms with Crippen LogP contribution in [-0.2, 0) is 11.2 Å². The van der Waals surface area contributed by atoms with Crippen molar-refractivity contribution in [2.45, 2.75) is 18.8 Å². The summed E-state index contributed by atoms with van der Waals surface area (Å²) in [6.07, 6.45) is 1.51. The van der Waals surface area contributed by atoms with Crippen molar-refractivity contribution >= 4 is 34.0 Å². The Balaban J connectivity index is 1.10. The molecule has 10 heteroatoms. The number of hydrogen-bond acceptors (Lipinski definition) is 7. The second-order valence-corrected chi connectivity index (χ2v) is 9.81. The SMILES string of the molecule is O=C(Nc1nc2c(s1)CC[C@@H]2C(=O)N1CCN(c2ccc(F)cc2)CC1)c1ccc2c(c1)OCO2. The van der Waals surface area contributed by atoms with Gasteiger partial charge < -0.3 is 19.3 Å². The minimum Gasteiger partial charge on any atom is -0.454 e. The molecule has 1 atom stereocenters. The van der Waals surface area contributed by atoms with Crippen molar-refractivity contribution < 1.29 is 23.5 Å². The number of amides is 2. The average molecular weight is 495 g/mol. The molecule has 35 heavy (non-hydrogen) atoms. The Kier molecular flexibility index (Phi) is 5.52. The van der Waals surface area contributed by atoms with E-state index < -0.39 is 0 Å². The monoisotopic (exact) mass is 494 g/mol. The van der Waals surface area contributed by atoms with Crippen LogP contribution in [0.2, 0.25) is 0 Å². The highest BCUT2D eigenvalue weighted by molar-refractivity contribution is 7.16. The number of hydrogen-bond donors (Lipinski definition) is 1. The van der Waals surface area contributed by atoms with Crippen LogP contribution in [-0.4, -0.2) is 54.7 Å². The topological polar surface area (TPSA) is 84.0 Å². The van der Waals surface area contributed by atoms with Gasteiger partial charge in [-0.1, -0.05) is 0 Å². The van der Waals surface area contributed by atoms with Gasteiger partial charge in [0.1, 0.15) is 5.82 Å². The standard InChI is InChI=1S/C25H23FN4O4S/c26-16-2-4-17(5-3-16)29-9-11-30(12-10-29)24(32)18-6-8-21-22(18)27-25(35-21)28-23(31)15-1-7-19-20(13-15)34-14-33-19/h1-5,7,13,18H,6,8-12,14H2,(H,27,28,31)/t18-/m0/s1. The maximum absolute atomic E-state index is 13.3. The molecule has 1 fully saturated rings. The lowest BCUT2D eigenvalue weighted by Gasteiger charge is -2.37. The maximum atomic E-state index is 13.3. The fourth-order valence-electron chi connectivity index (χ4n) is 4.79. The summed E-state index contributed by atoms with van der Waals surface area (Å²) < 4.78 is 23.9. The van der Waals surface area contributed by atoms with E-state index in [4.69, 9.17) is 9.47 Å². The van der Waals surface area contributed by atoms with Gasteiger partial charge in [0.15, 0.2) is 16.6 Å². The number of nitrogens with one attached hydrogen (secondary N) is 1. The molecule has 0 bridgehead atoms. The smallest absolute Gasteiger partial charge is 0.257 e. The normalized spacial score (nSPS) is 18.5. The van der Waals surface area contributed by atoms with Gasteiger partial charge >= 0.3 is 0 Å². The third-order valence-electron chi connectivity index (χ3n) is 6.65. The minimum absolute atomic E-state index is 0.0847. The molecular formula is C25H23FN4O4S. The van der Waals surface area contributed by atoms with Crippen molar-refractivity contribution in [3.8, 4) is 11.5 Å². The molecule has 1 aliphatic carbocycles. The van der Waals surface area contributed by atoms with Gasteiger partial charge in [0.25, 0.3) is 5.91 Å². The number of carbonyl (C=O) groups is 2. The molecule has 6 rings (SSSR count). The van der Waals surface area contributed by atoms with Crippen molar-refractivity contribution in [1.82, 2.24) is 9.88 Å². The first-order valence-corrected chi connectivity index (χ1v) is 12.4. The van der Waals surface area contributed by atoms with E-state index in [0.717, 1.165) is 29.1 Å². The summed E-state index contributed by atoms with van der Waals surface area (Å²) in [6, 6.07) is 11.5. The molecule has 1 aromatic heterocycles. The zero-order valence-electron chi connectivity index (χ0n) is 18.8. The number of halogens is 1. The zero-order chi connectivity index (χ0) is 23.9. The molecule has 2 amide bonds. The summed E-state index contributed by atoms with van der Waals surface area (Å²) in [6.45, 7) is 2.77. The Bertz CT molecular complexity index is 1290. The molecule has 2 aliphatic heterocycles. The Morgan fingerprint density at radius 2 is 1.80 bits per heavy atom. The Hall–Kier alpha value is -3.66. The first-order chi connectivity index (χ1) is 17.0. The number of piperazine rings is 1. The molecule has 8 nitrogen and oxygen atoms in total. The fraction of sp³-hybridized carbons (Fsp3) is 0.320. The second kappa shape index (κ2) is 8.84. The van der Waals surface area contributed by atoms with Gasteiger partial charge in [-0.05, 0) is 55.3 Å². The number of carbonyl (C=O) groups excluding carboxylic acids is 2. The van der Waals surface area contributed by atoms with Crippen LogP contribution >= 0.6 is 11.3 Å². The molecule has 3 aromatic rings. The molecule has 1 saturated heterocycles. The van der Waals surface area contributed by atoms with Gasteiger partial charge in [-0.2, -0.15) is 0 Å². The van der Waals surface area contributed by atoms with Crippen LogP contribution in [0.15, 0.2) is 42.5 Å². The summed E-state index contributed by atoms with van der Waals surface area (Å²) in [5.41, 5.74) is 2.20. The maximum Gasteiger partial charge on any atom is 0.257 e. The molecule has 180 valence electrons. The Morgan fingerprint density at radius 3 is 2.60 bits per heavy atom. The zero-order valence-corrected chi connectivity index (χ0v) is 19.6. The summed E-state index contributed by atoms with van der Waals surface area (Å²) in [7, 11) is 0. The quantitative estimate of drug-likeness (QED) is 0.596. The number of aryl methyl sites for hydroxylation is 1. The van der Waals surface area contributed by atoms with E-state index in [2.05, 4.69) is 15.2 Å². The number of ether oxygens (including phenoxy) is 2. The van der Waals surface area contributed by atoms with Crippen molar-refractivity contribution in [3.05, 3.63) is 64.4 Å². The van der Waals surface area contributed by atoms with Gasteiger partial charge in [-0.3, -0.25) is 14.9 Å². The van der Waals surface area contributed by atoms with Gasteiger partial charge in [0, 0.05) is 42.3 Å². The number of fused-ring (bicyclic) bond motifs is 2. The fourth-order valence-corrected chi connectivity index (χ4v) is 5.82. The highest BCUT2D eigenvalue weighted by atomic mass is 32.1. The number of rotatable bonds is 4. The van der Waals surface area contributed by atoms with Crippen LogP contribution in [0.25, 0.3) is 0 Å². The van der Waals surface area contributed by atoms with E-state index >= 15 is 0 Å². The number of anilines is 2. The largest absolute Gasteiger partial charge is 0.454 e. The van der Waals surface area contributed by atoms with Crippen molar-refractivity contribution in [1.29, 1.82) is 0 Å². The van der Waals surface area contributed by atoms with E-state index in [9.17, 15) is 14.0 Å². The van der Waals surface area contributed by atoms with Gasteiger partial charge in [-0.25, -0.2) is 9.37 Å². The Labute approximate surface area is 205 Å². The number of nitrogens with zero attached hydrogens (tertiary/aromatic N) is 3. The molecule has 0 saturated carbocycles. The van der Waals surface area contributed by atoms with E-state index in [1.807, 2.05) is 4.90 Å². The van der Waals surface area contributed by atoms with Gasteiger partial charge in [0.2, 0.25) is 12.7 Å². The van der Waals surface area contributed by atoms with E-state index in [0.29, 0.717) is 48.4 Å². The minimum atomic E-state index is -0.283. The van der Waals surface area contributed by atoms with Crippen molar-refractivity contribution in [3.63, 3.8) is 0 Å².